The topological polar surface area (TPSA) is 75.7 Å². The van der Waals surface area contributed by atoms with Crippen molar-refractivity contribution in [2.45, 2.75) is 103 Å². The highest BCUT2D eigenvalue weighted by Gasteiger charge is 2.13. The Morgan fingerprint density at radius 2 is 1.25 bits per heavy atom. The molecule has 0 rings (SSSR count). The van der Waals surface area contributed by atoms with Crippen LogP contribution in [-0.4, -0.2) is 56.3 Å². The van der Waals surface area contributed by atoms with Crippen LogP contribution >= 0.6 is 19.6 Å². The van der Waals surface area contributed by atoms with Crippen molar-refractivity contribution < 1.29 is 27.8 Å². The van der Waals surface area contributed by atoms with E-state index in [0.717, 1.165) is 12.8 Å². The van der Waals surface area contributed by atoms with Crippen LogP contribution < -0.4 is 4.89 Å². The van der Waals surface area contributed by atoms with E-state index in [1.54, 1.807) is 0 Å². The Bertz CT molecular complexity index is 499. The van der Waals surface area contributed by atoms with Gasteiger partial charge in [-0.05, 0) is 12.8 Å². The van der Waals surface area contributed by atoms with Gasteiger partial charge in [0.25, 0.3) is 7.82 Å². The second-order valence-corrected chi connectivity index (χ2v) is 12.3. The second kappa shape index (κ2) is 20.5. The van der Waals surface area contributed by atoms with Crippen molar-refractivity contribution in [2.75, 3.05) is 46.7 Å². The molecule has 6 nitrogen and oxygen atoms in total. The number of unbranched alkanes of at least 4 members (excludes halogenated alkanes) is 12. The summed E-state index contributed by atoms with van der Waals surface area (Å²) < 4.78 is 22.0. The van der Waals surface area contributed by atoms with Crippen molar-refractivity contribution >= 4 is 24.7 Å². The SMILES string of the molecule is CCCCCCCCCCCCCCCC(=O)SCCCOP(=O)([O-])OCC[N+](C)(C)C. The van der Waals surface area contributed by atoms with Crippen molar-refractivity contribution in [3.05, 3.63) is 0 Å². The maximum Gasteiger partial charge on any atom is 0.268 e. The van der Waals surface area contributed by atoms with Crippen LogP contribution in [0, 0.1) is 0 Å². The molecule has 1 atom stereocenters. The number of quaternary nitrogens is 1. The number of hydrogen-bond acceptors (Lipinski definition) is 6. The summed E-state index contributed by atoms with van der Waals surface area (Å²) in [4.78, 5) is 23.6. The summed E-state index contributed by atoms with van der Waals surface area (Å²) in [7, 11) is 1.65. The van der Waals surface area contributed by atoms with E-state index in [9.17, 15) is 14.3 Å². The maximum absolute atomic E-state index is 11.9. The van der Waals surface area contributed by atoms with Gasteiger partial charge in [0.2, 0.25) is 0 Å². The van der Waals surface area contributed by atoms with Crippen molar-refractivity contribution in [3.8, 4) is 0 Å². The Balaban J connectivity index is 3.42. The quantitative estimate of drug-likeness (QED) is 0.0937. The van der Waals surface area contributed by atoms with Crippen LogP contribution in [0.1, 0.15) is 103 Å². The van der Waals surface area contributed by atoms with Crippen LogP contribution in [-0.2, 0) is 18.4 Å². The first kappa shape index (κ1) is 32.1. The lowest BCUT2D eigenvalue weighted by molar-refractivity contribution is -0.870. The Hall–Kier alpha value is 0.0900. The number of carbonyl (C=O) groups is 1. The number of carbonyl (C=O) groups excluding carboxylic acids is 1. The number of phosphoric acid groups is 1. The van der Waals surface area contributed by atoms with Gasteiger partial charge in [0, 0.05) is 12.2 Å². The molecule has 32 heavy (non-hydrogen) atoms. The van der Waals surface area contributed by atoms with E-state index < -0.39 is 7.82 Å². The van der Waals surface area contributed by atoms with E-state index in [2.05, 4.69) is 6.92 Å². The average molecular weight is 496 g/mol. The van der Waals surface area contributed by atoms with Gasteiger partial charge < -0.3 is 18.4 Å². The summed E-state index contributed by atoms with van der Waals surface area (Å²) in [6.45, 7) is 3.01. The third-order valence-electron chi connectivity index (χ3n) is 5.30. The van der Waals surface area contributed by atoms with Gasteiger partial charge in [0.05, 0.1) is 27.7 Å². The Labute approximate surface area is 202 Å². The second-order valence-electron chi connectivity index (χ2n) is 9.69. The minimum absolute atomic E-state index is 0.0597. The summed E-state index contributed by atoms with van der Waals surface area (Å²) in [5.74, 6) is 0.580. The molecule has 0 amide bonds. The van der Waals surface area contributed by atoms with Gasteiger partial charge in [-0.3, -0.25) is 9.36 Å². The molecule has 0 aromatic heterocycles. The van der Waals surface area contributed by atoms with Crippen molar-refractivity contribution in [1.82, 2.24) is 0 Å². The summed E-state index contributed by atoms with van der Waals surface area (Å²) >= 11 is 1.28. The molecule has 0 radical (unpaired) electrons. The number of hydrogen-bond donors (Lipinski definition) is 0. The lowest BCUT2D eigenvalue weighted by atomic mass is 10.0. The number of nitrogens with zero attached hydrogens (tertiary/aromatic N) is 1. The van der Waals surface area contributed by atoms with Crippen LogP contribution in [0.25, 0.3) is 0 Å². The first-order chi connectivity index (χ1) is 15.2. The van der Waals surface area contributed by atoms with Crippen LogP contribution in [0.5, 0.6) is 0 Å². The molecule has 0 saturated carbocycles. The van der Waals surface area contributed by atoms with Crippen LogP contribution in [0.3, 0.4) is 0 Å². The van der Waals surface area contributed by atoms with Crippen LogP contribution in [0.15, 0.2) is 0 Å². The third-order valence-corrected chi connectivity index (χ3v) is 7.31. The minimum atomic E-state index is -4.24. The molecular formula is C24H50NO5PS. The lowest BCUT2D eigenvalue weighted by Gasteiger charge is -2.27. The van der Waals surface area contributed by atoms with Gasteiger partial charge in [-0.15, -0.1) is 0 Å². The number of rotatable bonds is 23. The Kier molecular flexibility index (Phi) is 20.5. The number of likely N-dealkylation sites (N-methyl/N-ethyl adjacent to an activating group) is 1. The summed E-state index contributed by atoms with van der Waals surface area (Å²) in [6.07, 6.45) is 18.0. The third kappa shape index (κ3) is 24.7. The van der Waals surface area contributed by atoms with Gasteiger partial charge in [-0.2, -0.15) is 0 Å². The summed E-state index contributed by atoms with van der Waals surface area (Å²) in [5, 5.41) is 0.192. The molecule has 0 spiro atoms. The normalized spacial score (nSPS) is 13.9. The van der Waals surface area contributed by atoms with Crippen molar-refractivity contribution in [2.24, 2.45) is 0 Å². The van der Waals surface area contributed by atoms with Crippen LogP contribution in [0.2, 0.25) is 0 Å². The molecule has 0 N–H and O–H groups in total. The van der Waals surface area contributed by atoms with E-state index in [1.807, 2.05) is 21.1 Å². The minimum Gasteiger partial charge on any atom is -0.756 e. The fraction of sp³-hybridized carbons (Fsp3) is 0.958. The zero-order valence-electron chi connectivity index (χ0n) is 21.3. The molecule has 0 aromatic carbocycles. The first-order valence-corrected chi connectivity index (χ1v) is 15.2. The summed E-state index contributed by atoms with van der Waals surface area (Å²) in [5.41, 5.74) is 0. The highest BCUT2D eigenvalue weighted by atomic mass is 32.2. The van der Waals surface area contributed by atoms with Gasteiger partial charge in [-0.1, -0.05) is 95.7 Å². The van der Waals surface area contributed by atoms with Gasteiger partial charge in [0.15, 0.2) is 5.12 Å². The number of phosphoric ester groups is 1. The fourth-order valence-electron chi connectivity index (χ4n) is 3.24. The maximum atomic E-state index is 11.9. The molecule has 0 aliphatic carbocycles. The molecule has 0 heterocycles. The van der Waals surface area contributed by atoms with E-state index in [4.69, 9.17) is 9.05 Å². The van der Waals surface area contributed by atoms with Gasteiger partial charge in [-0.25, -0.2) is 0 Å². The molecule has 0 aliphatic heterocycles. The Morgan fingerprint density at radius 1 is 0.781 bits per heavy atom. The molecule has 0 saturated heterocycles. The van der Waals surface area contributed by atoms with Crippen molar-refractivity contribution in [3.63, 3.8) is 0 Å². The predicted octanol–water partition coefficient (Wildman–Crippen LogP) is 6.33. The van der Waals surface area contributed by atoms with Crippen LogP contribution in [0.4, 0.5) is 0 Å². The molecule has 8 heteroatoms. The predicted molar refractivity (Wildman–Crippen MR) is 135 cm³/mol. The smallest absolute Gasteiger partial charge is 0.268 e. The summed E-state index contributed by atoms with van der Waals surface area (Å²) in [6, 6.07) is 0. The molecule has 1 unspecified atom stereocenters. The van der Waals surface area contributed by atoms with E-state index in [1.165, 1.54) is 82.4 Å². The van der Waals surface area contributed by atoms with Gasteiger partial charge in [0.1, 0.15) is 13.2 Å². The molecule has 0 aromatic rings. The van der Waals surface area contributed by atoms with E-state index >= 15 is 0 Å². The standard InChI is InChI=1S/C24H50NO5PS/c1-5-6-7-8-9-10-11-12-13-14-15-16-17-19-24(26)32-23-18-21-29-31(27,28)30-22-20-25(2,3)4/h5-23H2,1-4H3. The molecule has 0 bridgehead atoms. The molecule has 0 fully saturated rings. The van der Waals surface area contributed by atoms with E-state index in [-0.39, 0.29) is 18.3 Å². The molecule has 0 aliphatic rings. The number of thioether (sulfide) groups is 1. The molecule has 192 valence electrons. The fourth-order valence-corrected chi connectivity index (χ4v) is 4.76. The molecular weight excluding hydrogens is 445 g/mol. The monoisotopic (exact) mass is 495 g/mol. The van der Waals surface area contributed by atoms with Crippen molar-refractivity contribution in [1.29, 1.82) is 0 Å². The average Bonchev–Trinajstić information content (AvgIpc) is 2.70. The van der Waals surface area contributed by atoms with Gasteiger partial charge >= 0.3 is 0 Å². The zero-order chi connectivity index (χ0) is 24.1. The highest BCUT2D eigenvalue weighted by Crippen LogP contribution is 2.38. The first-order valence-electron chi connectivity index (χ1n) is 12.7. The zero-order valence-corrected chi connectivity index (χ0v) is 23.0. The largest absolute Gasteiger partial charge is 0.756 e. The van der Waals surface area contributed by atoms with E-state index in [0.29, 0.717) is 29.6 Å². The Morgan fingerprint density at radius 3 is 1.75 bits per heavy atom. The highest BCUT2D eigenvalue weighted by molar-refractivity contribution is 8.13. The lowest BCUT2D eigenvalue weighted by Crippen LogP contribution is -2.37.